The highest BCUT2D eigenvalue weighted by molar-refractivity contribution is 6.41. The van der Waals surface area contributed by atoms with Crippen molar-refractivity contribution in [2.75, 3.05) is 0 Å². The molecule has 2 aromatic rings. The fourth-order valence-corrected chi connectivity index (χ4v) is 2.95. The number of allylic oxidation sites excluding steroid dienone is 2. The zero-order valence-electron chi connectivity index (χ0n) is 13.4. The second kappa shape index (κ2) is 8.17. The van der Waals surface area contributed by atoms with Gasteiger partial charge in [-0.05, 0) is 23.3 Å². The Morgan fingerprint density at radius 1 is 0.880 bits per heavy atom. The summed E-state index contributed by atoms with van der Waals surface area (Å²) >= 11 is 12.3. The molecule has 2 unspecified atom stereocenters. The highest BCUT2D eigenvalue weighted by atomic mass is 35.5. The summed E-state index contributed by atoms with van der Waals surface area (Å²) in [4.78, 5) is 0. The van der Waals surface area contributed by atoms with Gasteiger partial charge in [-0.25, -0.2) is 0 Å². The smallest absolute Gasteiger partial charge is 0.236 e. The summed E-state index contributed by atoms with van der Waals surface area (Å²) in [5.41, 5.74) is 1.89. The van der Waals surface area contributed by atoms with Crippen LogP contribution >= 0.6 is 23.2 Å². The molecular weight excluding hydrogens is 359 g/mol. The largest absolute Gasteiger partial charge is 0.363 e. The Kier molecular flexibility index (Phi) is 5.94. The Labute approximate surface area is 157 Å². The number of hydrogen-bond donors (Lipinski definition) is 1. The van der Waals surface area contributed by atoms with Crippen molar-refractivity contribution in [1.82, 2.24) is 0 Å². The molecule has 3 nitrogen and oxygen atoms in total. The van der Waals surface area contributed by atoms with Gasteiger partial charge in [0.05, 0.1) is 23.3 Å². The van der Waals surface area contributed by atoms with Crippen molar-refractivity contribution in [2.24, 2.45) is 0 Å². The van der Waals surface area contributed by atoms with Crippen molar-refractivity contribution < 1.29 is 14.6 Å². The topological polar surface area (TPSA) is 38.7 Å². The molecule has 2 aromatic carbocycles. The maximum atomic E-state index is 11.0. The first-order valence-corrected chi connectivity index (χ1v) is 8.65. The summed E-state index contributed by atoms with van der Waals surface area (Å²) in [7, 11) is 0. The van der Waals surface area contributed by atoms with E-state index in [1.54, 1.807) is 12.2 Å². The minimum absolute atomic E-state index is 0.0191. The van der Waals surface area contributed by atoms with Crippen LogP contribution in [0.3, 0.4) is 0 Å². The number of halogens is 2. The van der Waals surface area contributed by atoms with E-state index in [4.69, 9.17) is 32.7 Å². The number of rotatable bonds is 6. The summed E-state index contributed by atoms with van der Waals surface area (Å²) in [6, 6.07) is 19.2. The molecule has 1 N–H and O–H groups in total. The number of hydrogen-bond acceptors (Lipinski definition) is 3. The number of ether oxygens (including phenoxy) is 2. The molecule has 0 fully saturated rings. The average Bonchev–Trinajstić information content (AvgIpc) is 2.66. The van der Waals surface area contributed by atoms with Gasteiger partial charge in [-0.15, -0.1) is 0 Å². The van der Waals surface area contributed by atoms with Gasteiger partial charge in [0.15, 0.2) is 0 Å². The third kappa shape index (κ3) is 4.32. The molecule has 5 heteroatoms. The van der Waals surface area contributed by atoms with Crippen LogP contribution in [0.5, 0.6) is 0 Å². The van der Waals surface area contributed by atoms with Gasteiger partial charge in [-0.3, -0.25) is 0 Å². The molecule has 0 heterocycles. The zero-order valence-corrected chi connectivity index (χ0v) is 15.0. The lowest BCUT2D eigenvalue weighted by Gasteiger charge is -2.36. The van der Waals surface area contributed by atoms with E-state index in [1.807, 2.05) is 60.7 Å². The predicted octanol–water partition coefficient (Wildman–Crippen LogP) is 4.74. The van der Waals surface area contributed by atoms with Crippen LogP contribution in [0, 0.1) is 0 Å². The van der Waals surface area contributed by atoms with E-state index < -0.39 is 11.9 Å². The Morgan fingerprint density at radius 3 is 2.04 bits per heavy atom. The van der Waals surface area contributed by atoms with Crippen molar-refractivity contribution >= 4 is 23.2 Å². The van der Waals surface area contributed by atoms with Gasteiger partial charge in [0, 0.05) is 0 Å². The van der Waals surface area contributed by atoms with Gasteiger partial charge < -0.3 is 14.6 Å². The van der Waals surface area contributed by atoms with Crippen molar-refractivity contribution in [3.05, 3.63) is 94.0 Å². The van der Waals surface area contributed by atoms with E-state index in [0.717, 1.165) is 11.1 Å². The molecule has 2 atom stereocenters. The van der Waals surface area contributed by atoms with E-state index in [-0.39, 0.29) is 16.7 Å². The van der Waals surface area contributed by atoms with Gasteiger partial charge in [0.2, 0.25) is 5.79 Å². The van der Waals surface area contributed by atoms with Crippen molar-refractivity contribution in [2.45, 2.75) is 25.1 Å². The summed E-state index contributed by atoms with van der Waals surface area (Å²) in [5, 5.41) is 11.3. The molecule has 0 amide bonds. The molecule has 0 bridgehead atoms. The van der Waals surface area contributed by atoms with Gasteiger partial charge in [-0.2, -0.15) is 0 Å². The average molecular weight is 377 g/mol. The molecule has 0 radical (unpaired) electrons. The second-order valence-corrected chi connectivity index (χ2v) is 6.49. The molecular formula is C20H18Cl2O3. The van der Waals surface area contributed by atoms with Crippen molar-refractivity contribution in [3.8, 4) is 0 Å². The van der Waals surface area contributed by atoms with Crippen LogP contribution in [-0.2, 0) is 22.7 Å². The first-order valence-electron chi connectivity index (χ1n) is 7.89. The summed E-state index contributed by atoms with van der Waals surface area (Å²) < 4.78 is 11.6. The Morgan fingerprint density at radius 2 is 1.44 bits per heavy atom. The van der Waals surface area contributed by atoms with Crippen LogP contribution in [0.1, 0.15) is 11.1 Å². The molecule has 0 saturated heterocycles. The van der Waals surface area contributed by atoms with Gasteiger partial charge in [-0.1, -0.05) is 83.9 Å². The second-order valence-electron chi connectivity index (χ2n) is 5.71. The minimum atomic E-state index is -1.84. The molecule has 1 aliphatic rings. The van der Waals surface area contributed by atoms with E-state index in [1.165, 1.54) is 0 Å². The van der Waals surface area contributed by atoms with Crippen LogP contribution in [-0.4, -0.2) is 17.0 Å². The molecule has 1 aliphatic carbocycles. The van der Waals surface area contributed by atoms with E-state index in [0.29, 0.717) is 6.61 Å². The first kappa shape index (κ1) is 18.2. The van der Waals surface area contributed by atoms with E-state index >= 15 is 0 Å². The standard InChI is InChI=1S/C20H18Cl2O3/c21-17-11-12-18(24-13-15-7-3-1-4-8-15)20(23,19(17)22)25-14-16-9-5-2-6-10-16/h1-12,18,23H,13-14H2. The Hall–Kier alpha value is -1.62. The maximum Gasteiger partial charge on any atom is 0.236 e. The highest BCUT2D eigenvalue weighted by Gasteiger charge is 2.44. The fraction of sp³-hybridized carbons (Fsp3) is 0.200. The number of benzene rings is 2. The lowest BCUT2D eigenvalue weighted by molar-refractivity contribution is -0.235. The summed E-state index contributed by atoms with van der Waals surface area (Å²) in [6.45, 7) is 0.491. The number of aliphatic hydroxyl groups is 1. The predicted molar refractivity (Wildman–Crippen MR) is 99.1 cm³/mol. The minimum Gasteiger partial charge on any atom is -0.363 e. The highest BCUT2D eigenvalue weighted by Crippen LogP contribution is 2.38. The lowest BCUT2D eigenvalue weighted by Crippen LogP contribution is -2.47. The van der Waals surface area contributed by atoms with E-state index in [2.05, 4.69) is 0 Å². The molecule has 0 spiro atoms. The summed E-state index contributed by atoms with van der Waals surface area (Å²) in [5.74, 6) is -1.84. The maximum absolute atomic E-state index is 11.0. The van der Waals surface area contributed by atoms with Gasteiger partial charge in [0.25, 0.3) is 0 Å². The third-order valence-corrected chi connectivity index (χ3v) is 4.79. The molecule has 0 saturated carbocycles. The van der Waals surface area contributed by atoms with E-state index in [9.17, 15) is 5.11 Å². The molecule has 0 aliphatic heterocycles. The first-order chi connectivity index (χ1) is 12.1. The Balaban J connectivity index is 1.74. The van der Waals surface area contributed by atoms with Crippen LogP contribution in [0.25, 0.3) is 0 Å². The lowest BCUT2D eigenvalue weighted by atomic mass is 10.0. The Bertz CT molecular complexity index is 759. The van der Waals surface area contributed by atoms with Crippen LogP contribution < -0.4 is 0 Å². The third-order valence-electron chi connectivity index (χ3n) is 3.90. The zero-order chi connectivity index (χ0) is 17.7. The van der Waals surface area contributed by atoms with Crippen LogP contribution in [0.15, 0.2) is 82.9 Å². The molecule has 3 rings (SSSR count). The van der Waals surface area contributed by atoms with Crippen molar-refractivity contribution in [1.29, 1.82) is 0 Å². The normalized spacial score (nSPS) is 23.1. The van der Waals surface area contributed by atoms with Crippen molar-refractivity contribution in [3.63, 3.8) is 0 Å². The monoisotopic (exact) mass is 376 g/mol. The molecule has 0 aromatic heterocycles. The molecule has 130 valence electrons. The van der Waals surface area contributed by atoms with Crippen LogP contribution in [0.2, 0.25) is 0 Å². The quantitative estimate of drug-likeness (QED) is 0.740. The molecule has 25 heavy (non-hydrogen) atoms. The summed E-state index contributed by atoms with van der Waals surface area (Å²) in [6.07, 6.45) is 2.49. The van der Waals surface area contributed by atoms with Crippen LogP contribution in [0.4, 0.5) is 0 Å². The SMILES string of the molecule is OC1(OCc2ccccc2)C(Cl)=C(Cl)C=CC1OCc1ccccc1. The van der Waals surface area contributed by atoms with Gasteiger partial charge >= 0.3 is 0 Å². The fourth-order valence-electron chi connectivity index (χ4n) is 2.51. The van der Waals surface area contributed by atoms with Gasteiger partial charge in [0.1, 0.15) is 6.10 Å².